The zero-order valence-corrected chi connectivity index (χ0v) is 34.7. The molecule has 0 aromatic heterocycles. The van der Waals surface area contributed by atoms with Crippen molar-refractivity contribution in [3.63, 3.8) is 0 Å². The van der Waals surface area contributed by atoms with Gasteiger partial charge in [-0.15, -0.1) is 0 Å². The number of esters is 2. The second-order valence-electron chi connectivity index (χ2n) is 14.6. The molecule has 286 valence electrons. The number of benzene rings is 3. The molecule has 4 nitrogen and oxygen atoms in total. The van der Waals surface area contributed by atoms with E-state index in [0.717, 1.165) is 58.7 Å². The third kappa shape index (κ3) is 9.54. The fourth-order valence-corrected chi connectivity index (χ4v) is 7.62. The average molecular weight is 727 g/mol. The smallest absolute Gasteiger partial charge is 0.306 e. The molecule has 4 unspecified atom stereocenters. The van der Waals surface area contributed by atoms with E-state index in [9.17, 15) is 9.59 Å². The van der Waals surface area contributed by atoms with Gasteiger partial charge in [0.2, 0.25) is 0 Å². The maximum Gasteiger partial charge on any atom is 0.306 e. The SMILES string of the molecule is CC.CCCC(=O)OC(CC)C(/C=C(\CC)c1cc2c3c(c(=C(C)C(C)c4ccc5c(c4)C(OC(=O)CCC)CC=C5)ccc3c1)C(C)C#CC=2)=C(C)C. The Labute approximate surface area is 325 Å². The number of allylic oxidation sites excluding steroid dienone is 2. The summed E-state index contributed by atoms with van der Waals surface area (Å²) in [5.41, 5.74) is 10.6. The lowest BCUT2D eigenvalue weighted by molar-refractivity contribution is -0.149. The van der Waals surface area contributed by atoms with Gasteiger partial charge in [-0.1, -0.05) is 120 Å². The van der Waals surface area contributed by atoms with Gasteiger partial charge in [0, 0.05) is 36.7 Å². The van der Waals surface area contributed by atoms with Crippen LogP contribution in [0.4, 0.5) is 0 Å². The Morgan fingerprint density at radius 3 is 2.33 bits per heavy atom. The highest BCUT2D eigenvalue weighted by Crippen LogP contribution is 2.36. The summed E-state index contributed by atoms with van der Waals surface area (Å²) in [4.78, 5) is 25.0. The Morgan fingerprint density at radius 2 is 1.67 bits per heavy atom. The van der Waals surface area contributed by atoms with Crippen molar-refractivity contribution < 1.29 is 19.1 Å². The topological polar surface area (TPSA) is 52.6 Å². The summed E-state index contributed by atoms with van der Waals surface area (Å²) in [6.45, 7) is 23.2. The van der Waals surface area contributed by atoms with Crippen molar-refractivity contribution in [2.45, 2.75) is 145 Å². The normalized spacial score (nSPS) is 17.3. The van der Waals surface area contributed by atoms with Gasteiger partial charge >= 0.3 is 11.9 Å². The minimum Gasteiger partial charge on any atom is -0.457 e. The highest BCUT2D eigenvalue weighted by atomic mass is 16.5. The molecule has 2 aliphatic carbocycles. The first-order valence-electron chi connectivity index (χ1n) is 20.4. The van der Waals surface area contributed by atoms with Gasteiger partial charge < -0.3 is 9.47 Å². The molecular weight excluding hydrogens is 665 g/mol. The highest BCUT2D eigenvalue weighted by molar-refractivity contribution is 5.93. The van der Waals surface area contributed by atoms with Gasteiger partial charge in [0.05, 0.1) is 0 Å². The van der Waals surface area contributed by atoms with Crippen molar-refractivity contribution in [2.75, 3.05) is 0 Å². The monoisotopic (exact) mass is 726 g/mol. The first kappa shape index (κ1) is 42.1. The largest absolute Gasteiger partial charge is 0.457 e. The summed E-state index contributed by atoms with van der Waals surface area (Å²) in [7, 11) is 0. The van der Waals surface area contributed by atoms with Crippen molar-refractivity contribution in [3.05, 3.63) is 104 Å². The van der Waals surface area contributed by atoms with Gasteiger partial charge in [-0.05, 0) is 126 Å². The van der Waals surface area contributed by atoms with Crippen LogP contribution >= 0.6 is 0 Å². The van der Waals surface area contributed by atoms with E-state index in [1.54, 1.807) is 0 Å². The van der Waals surface area contributed by atoms with E-state index in [4.69, 9.17) is 9.47 Å². The molecule has 4 heteroatoms. The molecule has 0 heterocycles. The third-order valence-electron chi connectivity index (χ3n) is 10.7. The summed E-state index contributed by atoms with van der Waals surface area (Å²) in [5, 5.41) is 4.82. The van der Waals surface area contributed by atoms with Crippen LogP contribution in [0, 0.1) is 11.8 Å². The second kappa shape index (κ2) is 19.6. The fourth-order valence-electron chi connectivity index (χ4n) is 7.62. The number of hydrogen-bond acceptors (Lipinski definition) is 4. The van der Waals surface area contributed by atoms with Gasteiger partial charge in [0.15, 0.2) is 0 Å². The van der Waals surface area contributed by atoms with E-state index in [0.29, 0.717) is 19.3 Å². The maximum atomic E-state index is 12.5. The van der Waals surface area contributed by atoms with Crippen LogP contribution in [0.25, 0.3) is 34.1 Å². The first-order chi connectivity index (χ1) is 26.0. The van der Waals surface area contributed by atoms with Crippen molar-refractivity contribution in [1.82, 2.24) is 0 Å². The van der Waals surface area contributed by atoms with E-state index in [1.807, 2.05) is 27.7 Å². The van der Waals surface area contributed by atoms with Crippen LogP contribution in [0.5, 0.6) is 0 Å². The number of carbonyl (C=O) groups is 2. The van der Waals surface area contributed by atoms with Gasteiger partial charge in [-0.3, -0.25) is 9.59 Å². The van der Waals surface area contributed by atoms with Crippen molar-refractivity contribution >= 4 is 46.0 Å². The lowest BCUT2D eigenvalue weighted by Gasteiger charge is -2.24. The van der Waals surface area contributed by atoms with Gasteiger partial charge in [-0.25, -0.2) is 0 Å². The molecule has 0 radical (unpaired) electrons. The molecule has 54 heavy (non-hydrogen) atoms. The molecule has 3 aromatic rings. The average Bonchev–Trinajstić information content (AvgIpc) is 3.33. The van der Waals surface area contributed by atoms with Crippen LogP contribution < -0.4 is 10.4 Å². The summed E-state index contributed by atoms with van der Waals surface area (Å²) >= 11 is 0. The van der Waals surface area contributed by atoms with Crippen LogP contribution in [0.3, 0.4) is 0 Å². The predicted octanol–water partition coefficient (Wildman–Crippen LogP) is 11.8. The molecule has 5 rings (SSSR count). The Kier molecular flexibility index (Phi) is 15.3. The van der Waals surface area contributed by atoms with Crippen molar-refractivity contribution in [2.24, 2.45) is 0 Å². The van der Waals surface area contributed by atoms with Crippen LogP contribution in [-0.4, -0.2) is 18.0 Å². The van der Waals surface area contributed by atoms with E-state index in [1.165, 1.54) is 38.3 Å². The van der Waals surface area contributed by atoms with Crippen molar-refractivity contribution in [3.8, 4) is 11.8 Å². The molecule has 0 saturated heterocycles. The Hall–Kier alpha value is -4.62. The molecule has 0 N–H and O–H groups in total. The first-order valence-corrected chi connectivity index (χ1v) is 20.4. The second-order valence-corrected chi connectivity index (χ2v) is 14.6. The van der Waals surface area contributed by atoms with Crippen LogP contribution in [0.15, 0.2) is 65.8 Å². The number of ether oxygens (including phenoxy) is 2. The minimum atomic E-state index is -0.269. The molecule has 0 aliphatic heterocycles. The molecule has 0 spiro atoms. The lowest BCUT2D eigenvalue weighted by Crippen LogP contribution is -2.21. The number of rotatable bonds is 13. The lowest BCUT2D eigenvalue weighted by atomic mass is 9.84. The maximum absolute atomic E-state index is 12.5. The Bertz CT molecular complexity index is 2130. The summed E-state index contributed by atoms with van der Waals surface area (Å²) < 4.78 is 11.9. The van der Waals surface area contributed by atoms with E-state index in [2.05, 4.69) is 127 Å². The number of carbonyl (C=O) groups excluding carboxylic acids is 2. The number of hydrogen-bond donors (Lipinski definition) is 0. The molecule has 0 amide bonds. The van der Waals surface area contributed by atoms with E-state index in [-0.39, 0.29) is 36.0 Å². The molecule has 2 aliphatic rings. The van der Waals surface area contributed by atoms with Gasteiger partial charge in [-0.2, -0.15) is 0 Å². The molecule has 4 atom stereocenters. The Morgan fingerprint density at radius 1 is 0.944 bits per heavy atom. The predicted molar refractivity (Wildman–Crippen MR) is 228 cm³/mol. The molecule has 0 bridgehead atoms. The van der Waals surface area contributed by atoms with Gasteiger partial charge in [0.1, 0.15) is 12.2 Å². The summed E-state index contributed by atoms with van der Waals surface area (Å²) in [6.07, 6.45) is 12.7. The fraction of sp³-hybridized carbons (Fsp3) is 0.440. The number of fused-ring (bicyclic) bond motifs is 1. The minimum absolute atomic E-state index is 0.0572. The standard InChI is InChI=1S/C48H56O4.C2H6/c1-10-16-45(49)51-43(13-4)41(30(5)6)28-34(12-3)39-26-37-20-14-18-31(7)47-40(25-24-38(27-39)48(37)47)33(9)32(8)36-23-22-35-19-15-21-44(42(35)29-36)52-46(50)17-11-2;1-2/h15,19-20,22-29,31-32,43-44H,10-13,16-17,21H2,1-9H3;1-2H3/b34-28+,40-33?;. The summed E-state index contributed by atoms with van der Waals surface area (Å²) in [5.74, 6) is 6.82. The van der Waals surface area contributed by atoms with Crippen LogP contribution in [-0.2, 0) is 19.1 Å². The van der Waals surface area contributed by atoms with E-state index >= 15 is 0 Å². The Balaban J connectivity index is 0.00000319. The van der Waals surface area contributed by atoms with Crippen LogP contribution in [0.2, 0.25) is 0 Å². The third-order valence-corrected chi connectivity index (χ3v) is 10.7. The van der Waals surface area contributed by atoms with Gasteiger partial charge in [0.25, 0.3) is 0 Å². The molecule has 0 saturated carbocycles. The molecule has 3 aromatic carbocycles. The highest BCUT2D eigenvalue weighted by Gasteiger charge is 2.24. The quantitative estimate of drug-likeness (QED) is 0.1000. The zero-order valence-electron chi connectivity index (χ0n) is 34.7. The zero-order chi connectivity index (χ0) is 39.5. The molecular formula is C50H62O4. The van der Waals surface area contributed by atoms with Crippen molar-refractivity contribution in [1.29, 1.82) is 0 Å². The summed E-state index contributed by atoms with van der Waals surface area (Å²) in [6, 6.07) is 15.8. The molecule has 0 fully saturated rings. The van der Waals surface area contributed by atoms with E-state index < -0.39 is 0 Å². The van der Waals surface area contributed by atoms with Crippen LogP contribution in [0.1, 0.15) is 167 Å².